The van der Waals surface area contributed by atoms with Crippen LogP contribution in [0.2, 0.25) is 0 Å². The number of benzene rings is 1. The zero-order chi connectivity index (χ0) is 13.5. The highest BCUT2D eigenvalue weighted by Crippen LogP contribution is 2.30. The van der Waals surface area contributed by atoms with Gasteiger partial charge in [-0.1, -0.05) is 44.5 Å². The van der Waals surface area contributed by atoms with Crippen molar-refractivity contribution in [3.8, 4) is 0 Å². The molecular weight excluding hydrogens is 256 g/mol. The molecule has 0 radical (unpaired) electrons. The number of aryl methyl sites for hydroxylation is 2. The van der Waals surface area contributed by atoms with Crippen LogP contribution in [0.25, 0.3) is 4.91 Å². The minimum Gasteiger partial charge on any atom is -0.172 e. The summed E-state index contributed by atoms with van der Waals surface area (Å²) in [4.78, 5) is 1.34. The molecule has 0 bridgehead atoms. The van der Waals surface area contributed by atoms with Gasteiger partial charge in [-0.05, 0) is 42.7 Å². The maximum Gasteiger partial charge on any atom is 0.0182 e. The Morgan fingerprint density at radius 2 is 2.11 bits per heavy atom. The molecule has 0 nitrogen and oxygen atoms in total. The zero-order valence-corrected chi connectivity index (χ0v) is 13.6. The van der Waals surface area contributed by atoms with Crippen LogP contribution < -0.4 is 0 Å². The SMILES string of the molecule is CCCc1ccc(/C(=C/C(C)S)SC)c(CC)c1. The van der Waals surface area contributed by atoms with Crippen molar-refractivity contribution in [2.24, 2.45) is 0 Å². The largest absolute Gasteiger partial charge is 0.172 e. The maximum absolute atomic E-state index is 4.47. The predicted octanol–water partition coefficient (Wildman–Crippen LogP) is 5.22. The molecule has 0 aliphatic rings. The van der Waals surface area contributed by atoms with Gasteiger partial charge in [-0.15, -0.1) is 11.8 Å². The van der Waals surface area contributed by atoms with Crippen molar-refractivity contribution in [3.05, 3.63) is 41.0 Å². The van der Waals surface area contributed by atoms with Gasteiger partial charge in [0, 0.05) is 10.2 Å². The minimum atomic E-state index is 0.299. The number of hydrogen-bond donors (Lipinski definition) is 1. The molecule has 0 saturated carbocycles. The van der Waals surface area contributed by atoms with Crippen LogP contribution in [-0.4, -0.2) is 11.5 Å². The summed E-state index contributed by atoms with van der Waals surface area (Å²) >= 11 is 6.28. The molecule has 0 aliphatic heterocycles. The first-order valence-electron chi connectivity index (χ1n) is 6.68. The smallest absolute Gasteiger partial charge is 0.0182 e. The Kier molecular flexibility index (Phi) is 6.95. The molecule has 0 fully saturated rings. The standard InChI is InChI=1S/C16H24S2/c1-5-7-13-8-9-15(14(6-2)11-13)16(18-4)10-12(3)17/h8-12,17H,5-7H2,1-4H3/b16-10-. The van der Waals surface area contributed by atoms with E-state index in [4.69, 9.17) is 0 Å². The second-order valence-electron chi connectivity index (χ2n) is 4.57. The number of thioether (sulfide) groups is 1. The Labute approximate surface area is 122 Å². The van der Waals surface area contributed by atoms with Gasteiger partial charge in [-0.25, -0.2) is 0 Å². The molecule has 0 aromatic heterocycles. The van der Waals surface area contributed by atoms with Crippen molar-refractivity contribution in [1.82, 2.24) is 0 Å². The highest BCUT2D eigenvalue weighted by molar-refractivity contribution is 8.07. The number of thiol groups is 1. The molecule has 0 saturated heterocycles. The van der Waals surface area contributed by atoms with Gasteiger partial charge < -0.3 is 0 Å². The first-order valence-corrected chi connectivity index (χ1v) is 8.42. The van der Waals surface area contributed by atoms with Gasteiger partial charge in [0.1, 0.15) is 0 Å². The van der Waals surface area contributed by atoms with Gasteiger partial charge in [-0.3, -0.25) is 0 Å². The summed E-state index contributed by atoms with van der Waals surface area (Å²) in [6.45, 7) is 6.57. The fourth-order valence-corrected chi connectivity index (χ4v) is 3.12. The third kappa shape index (κ3) is 4.40. The summed E-state index contributed by atoms with van der Waals surface area (Å²) < 4.78 is 0. The van der Waals surface area contributed by atoms with Crippen LogP contribution in [0, 0.1) is 0 Å². The first kappa shape index (κ1) is 15.7. The normalized spacial score (nSPS) is 13.7. The van der Waals surface area contributed by atoms with Crippen LogP contribution in [0.1, 0.15) is 43.9 Å². The minimum absolute atomic E-state index is 0.299. The van der Waals surface area contributed by atoms with Crippen molar-refractivity contribution < 1.29 is 0 Å². The van der Waals surface area contributed by atoms with E-state index < -0.39 is 0 Å². The third-order valence-electron chi connectivity index (χ3n) is 2.97. The van der Waals surface area contributed by atoms with Gasteiger partial charge >= 0.3 is 0 Å². The Balaban J connectivity index is 3.14. The highest BCUT2D eigenvalue weighted by atomic mass is 32.2. The zero-order valence-electron chi connectivity index (χ0n) is 11.9. The Hall–Kier alpha value is -0.340. The van der Waals surface area contributed by atoms with Crippen molar-refractivity contribution in [1.29, 1.82) is 0 Å². The van der Waals surface area contributed by atoms with Gasteiger partial charge in [-0.2, -0.15) is 12.6 Å². The second kappa shape index (κ2) is 7.96. The lowest BCUT2D eigenvalue weighted by Crippen LogP contribution is -1.95. The quantitative estimate of drug-likeness (QED) is 0.697. The maximum atomic E-state index is 4.47. The van der Waals surface area contributed by atoms with Crippen molar-refractivity contribution in [2.75, 3.05) is 6.26 Å². The molecule has 0 heterocycles. The van der Waals surface area contributed by atoms with E-state index in [0.29, 0.717) is 5.25 Å². The van der Waals surface area contributed by atoms with E-state index in [-0.39, 0.29) is 0 Å². The van der Waals surface area contributed by atoms with Gasteiger partial charge in [0.15, 0.2) is 0 Å². The van der Waals surface area contributed by atoms with Crippen LogP contribution in [-0.2, 0) is 12.8 Å². The van der Waals surface area contributed by atoms with Crippen molar-refractivity contribution >= 4 is 29.3 Å². The van der Waals surface area contributed by atoms with Gasteiger partial charge in [0.2, 0.25) is 0 Å². The number of rotatable bonds is 6. The van der Waals surface area contributed by atoms with E-state index in [0.717, 1.165) is 6.42 Å². The van der Waals surface area contributed by atoms with Crippen LogP contribution in [0.3, 0.4) is 0 Å². The summed E-state index contributed by atoms with van der Waals surface area (Å²) in [6.07, 6.45) is 7.85. The number of hydrogen-bond acceptors (Lipinski definition) is 2. The first-order chi connectivity index (χ1) is 8.62. The molecule has 0 spiro atoms. The van der Waals surface area contributed by atoms with Gasteiger partial charge in [0.05, 0.1) is 0 Å². The summed E-state index contributed by atoms with van der Waals surface area (Å²) in [6, 6.07) is 6.92. The Morgan fingerprint density at radius 1 is 1.39 bits per heavy atom. The molecule has 1 unspecified atom stereocenters. The molecule has 1 aromatic rings. The van der Waals surface area contributed by atoms with E-state index in [1.807, 2.05) is 11.8 Å². The molecule has 2 heteroatoms. The van der Waals surface area contributed by atoms with E-state index in [2.05, 4.69) is 63.9 Å². The average molecular weight is 281 g/mol. The van der Waals surface area contributed by atoms with Gasteiger partial charge in [0.25, 0.3) is 0 Å². The Bertz CT molecular complexity index is 406. The molecule has 1 atom stereocenters. The molecule has 18 heavy (non-hydrogen) atoms. The van der Waals surface area contributed by atoms with Crippen LogP contribution in [0.15, 0.2) is 24.3 Å². The molecular formula is C16H24S2. The van der Waals surface area contributed by atoms with Crippen LogP contribution >= 0.6 is 24.4 Å². The molecule has 1 rings (SSSR count). The predicted molar refractivity (Wildman–Crippen MR) is 89.8 cm³/mol. The van der Waals surface area contributed by atoms with Crippen LogP contribution in [0.5, 0.6) is 0 Å². The second-order valence-corrected chi connectivity index (χ2v) is 6.23. The highest BCUT2D eigenvalue weighted by Gasteiger charge is 2.07. The molecule has 0 aliphatic carbocycles. The summed E-state index contributed by atoms with van der Waals surface area (Å²) in [7, 11) is 0. The van der Waals surface area contributed by atoms with Crippen LogP contribution in [0.4, 0.5) is 0 Å². The van der Waals surface area contributed by atoms with E-state index >= 15 is 0 Å². The monoisotopic (exact) mass is 280 g/mol. The van der Waals surface area contributed by atoms with Crippen molar-refractivity contribution in [2.45, 2.75) is 45.3 Å². The lowest BCUT2D eigenvalue weighted by Gasteiger charge is -2.13. The third-order valence-corrected chi connectivity index (χ3v) is 3.91. The molecule has 1 aromatic carbocycles. The lowest BCUT2D eigenvalue weighted by atomic mass is 9.99. The summed E-state index contributed by atoms with van der Waals surface area (Å²) in [5, 5.41) is 0.299. The summed E-state index contributed by atoms with van der Waals surface area (Å²) in [5.74, 6) is 0. The summed E-state index contributed by atoms with van der Waals surface area (Å²) in [5.41, 5.74) is 4.29. The lowest BCUT2D eigenvalue weighted by molar-refractivity contribution is 0.917. The topological polar surface area (TPSA) is 0 Å². The molecule has 100 valence electrons. The fourth-order valence-electron chi connectivity index (χ4n) is 2.11. The average Bonchev–Trinajstić information content (AvgIpc) is 2.36. The molecule has 0 N–H and O–H groups in total. The molecule has 0 amide bonds. The van der Waals surface area contributed by atoms with Crippen molar-refractivity contribution in [3.63, 3.8) is 0 Å². The Morgan fingerprint density at radius 3 is 2.61 bits per heavy atom. The van der Waals surface area contributed by atoms with E-state index in [1.165, 1.54) is 34.4 Å². The fraction of sp³-hybridized carbons (Fsp3) is 0.500. The van der Waals surface area contributed by atoms with E-state index in [1.54, 1.807) is 0 Å². The van der Waals surface area contributed by atoms with E-state index in [9.17, 15) is 0 Å².